The summed E-state index contributed by atoms with van der Waals surface area (Å²) >= 11 is 0.983. The fourth-order valence-electron chi connectivity index (χ4n) is 2.06. The lowest BCUT2D eigenvalue weighted by atomic mass is 10.3. The maximum Gasteiger partial charge on any atom is 0.250 e. The Balaban J connectivity index is 1.95. The summed E-state index contributed by atoms with van der Waals surface area (Å²) in [5, 5.41) is 8.74. The van der Waals surface area contributed by atoms with Crippen molar-refractivity contribution in [2.45, 2.75) is 17.2 Å². The first-order valence-electron chi connectivity index (χ1n) is 6.33. The van der Waals surface area contributed by atoms with Crippen LogP contribution in [0.5, 0.6) is 0 Å². The molecule has 1 atom stereocenters. The molecular formula is C12H17N3O3S2. The van der Waals surface area contributed by atoms with Gasteiger partial charge in [-0.05, 0) is 19.1 Å². The van der Waals surface area contributed by atoms with Crippen molar-refractivity contribution in [2.24, 2.45) is 0 Å². The van der Waals surface area contributed by atoms with E-state index in [2.05, 4.69) is 9.62 Å². The number of nitrogens with zero attached hydrogens (tertiary/aromatic N) is 2. The number of ether oxygens (including phenoxy) is 1. The third-order valence-corrected chi connectivity index (χ3v) is 6.02. The number of nitriles is 1. The number of morpholine rings is 1. The van der Waals surface area contributed by atoms with Crippen LogP contribution < -0.4 is 4.72 Å². The van der Waals surface area contributed by atoms with Crippen LogP contribution >= 0.6 is 11.3 Å². The molecule has 0 radical (unpaired) electrons. The lowest BCUT2D eigenvalue weighted by Crippen LogP contribution is -2.45. The van der Waals surface area contributed by atoms with Gasteiger partial charge in [-0.25, -0.2) is 13.1 Å². The minimum Gasteiger partial charge on any atom is -0.379 e. The zero-order chi connectivity index (χ0) is 14.6. The molecule has 0 spiro atoms. The van der Waals surface area contributed by atoms with Crippen LogP contribution in [0.2, 0.25) is 0 Å². The van der Waals surface area contributed by atoms with Gasteiger partial charge in [-0.1, -0.05) is 0 Å². The Kier molecular flexibility index (Phi) is 5.12. The first-order valence-corrected chi connectivity index (χ1v) is 8.63. The van der Waals surface area contributed by atoms with Gasteiger partial charge in [-0.2, -0.15) is 5.26 Å². The van der Waals surface area contributed by atoms with Gasteiger partial charge >= 0.3 is 0 Å². The quantitative estimate of drug-likeness (QED) is 0.861. The van der Waals surface area contributed by atoms with E-state index in [0.717, 1.165) is 24.4 Å². The Morgan fingerprint density at radius 3 is 2.80 bits per heavy atom. The summed E-state index contributed by atoms with van der Waals surface area (Å²) in [5.74, 6) is 0. The maximum atomic E-state index is 12.2. The van der Waals surface area contributed by atoms with Crippen molar-refractivity contribution < 1.29 is 13.2 Å². The van der Waals surface area contributed by atoms with Crippen LogP contribution in [-0.2, 0) is 14.8 Å². The van der Waals surface area contributed by atoms with E-state index in [-0.39, 0.29) is 10.3 Å². The van der Waals surface area contributed by atoms with Crippen molar-refractivity contribution in [3.05, 3.63) is 17.0 Å². The first-order chi connectivity index (χ1) is 9.51. The molecule has 1 saturated heterocycles. The van der Waals surface area contributed by atoms with E-state index in [1.165, 1.54) is 12.1 Å². The highest BCUT2D eigenvalue weighted by Crippen LogP contribution is 2.20. The average Bonchev–Trinajstić information content (AvgIpc) is 2.88. The molecule has 1 fully saturated rings. The van der Waals surface area contributed by atoms with Crippen LogP contribution in [0.15, 0.2) is 16.3 Å². The zero-order valence-electron chi connectivity index (χ0n) is 11.2. The first kappa shape index (κ1) is 15.4. The summed E-state index contributed by atoms with van der Waals surface area (Å²) in [6.07, 6.45) is 0. The molecule has 1 aliphatic heterocycles. The molecule has 1 aromatic heterocycles. The molecule has 2 rings (SSSR count). The Bertz CT molecular complexity index is 585. The molecule has 0 aromatic carbocycles. The second-order valence-corrected chi connectivity index (χ2v) is 7.69. The van der Waals surface area contributed by atoms with Crippen molar-refractivity contribution in [2.75, 3.05) is 32.8 Å². The maximum absolute atomic E-state index is 12.2. The van der Waals surface area contributed by atoms with Gasteiger partial charge in [0.05, 0.1) is 13.2 Å². The molecule has 1 aromatic rings. The summed E-state index contributed by atoms with van der Waals surface area (Å²) < 4.78 is 32.4. The van der Waals surface area contributed by atoms with Gasteiger partial charge < -0.3 is 4.74 Å². The molecule has 20 heavy (non-hydrogen) atoms. The third kappa shape index (κ3) is 4.01. The van der Waals surface area contributed by atoms with Gasteiger partial charge in [-0.15, -0.1) is 11.3 Å². The Morgan fingerprint density at radius 1 is 1.50 bits per heavy atom. The van der Waals surface area contributed by atoms with Crippen molar-refractivity contribution in [1.29, 1.82) is 5.26 Å². The van der Waals surface area contributed by atoms with Crippen molar-refractivity contribution in [1.82, 2.24) is 9.62 Å². The Morgan fingerprint density at radius 2 is 2.20 bits per heavy atom. The van der Waals surface area contributed by atoms with Gasteiger partial charge in [-0.3, -0.25) is 4.90 Å². The van der Waals surface area contributed by atoms with E-state index in [1.807, 2.05) is 13.0 Å². The Labute approximate surface area is 123 Å². The fraction of sp³-hybridized carbons (Fsp3) is 0.583. The van der Waals surface area contributed by atoms with E-state index < -0.39 is 10.0 Å². The summed E-state index contributed by atoms with van der Waals surface area (Å²) in [6, 6.07) is 4.74. The highest BCUT2D eigenvalue weighted by molar-refractivity contribution is 7.91. The number of hydrogen-bond donors (Lipinski definition) is 1. The van der Waals surface area contributed by atoms with Gasteiger partial charge in [0.1, 0.15) is 15.2 Å². The molecule has 110 valence electrons. The summed E-state index contributed by atoms with van der Waals surface area (Å²) in [5.41, 5.74) is 0. The minimum absolute atomic E-state index is 0.183. The van der Waals surface area contributed by atoms with Gasteiger partial charge in [0.25, 0.3) is 0 Å². The number of rotatable bonds is 5. The van der Waals surface area contributed by atoms with Crippen molar-refractivity contribution >= 4 is 21.4 Å². The fourth-order valence-corrected chi connectivity index (χ4v) is 4.41. The van der Waals surface area contributed by atoms with E-state index in [0.29, 0.717) is 24.6 Å². The monoisotopic (exact) mass is 315 g/mol. The lowest BCUT2D eigenvalue weighted by molar-refractivity contribution is 0.0354. The third-order valence-electron chi connectivity index (χ3n) is 2.95. The predicted molar refractivity (Wildman–Crippen MR) is 76.1 cm³/mol. The molecule has 6 nitrogen and oxygen atoms in total. The van der Waals surface area contributed by atoms with Crippen LogP contribution in [0, 0.1) is 11.3 Å². The highest BCUT2D eigenvalue weighted by atomic mass is 32.2. The van der Waals surface area contributed by atoms with Gasteiger partial charge in [0.15, 0.2) is 0 Å². The molecule has 0 amide bonds. The molecular weight excluding hydrogens is 298 g/mol. The molecule has 1 N–H and O–H groups in total. The second kappa shape index (κ2) is 6.65. The number of sulfonamides is 1. The van der Waals surface area contributed by atoms with Crippen molar-refractivity contribution in [3.8, 4) is 6.07 Å². The zero-order valence-corrected chi connectivity index (χ0v) is 12.8. The highest BCUT2D eigenvalue weighted by Gasteiger charge is 2.21. The van der Waals surface area contributed by atoms with E-state index in [4.69, 9.17) is 10.00 Å². The molecule has 1 unspecified atom stereocenters. The molecule has 8 heteroatoms. The topological polar surface area (TPSA) is 82.4 Å². The van der Waals surface area contributed by atoms with E-state index in [1.54, 1.807) is 0 Å². The number of hydrogen-bond acceptors (Lipinski definition) is 6. The summed E-state index contributed by atoms with van der Waals surface area (Å²) in [4.78, 5) is 2.57. The van der Waals surface area contributed by atoms with E-state index >= 15 is 0 Å². The smallest absolute Gasteiger partial charge is 0.250 e. The van der Waals surface area contributed by atoms with Crippen LogP contribution in [0.4, 0.5) is 0 Å². The predicted octanol–water partition coefficient (Wildman–Crippen LogP) is 0.619. The minimum atomic E-state index is -3.54. The molecule has 2 heterocycles. The van der Waals surface area contributed by atoms with E-state index in [9.17, 15) is 8.42 Å². The number of thiophene rings is 1. The van der Waals surface area contributed by atoms with Crippen LogP contribution in [0.1, 0.15) is 11.8 Å². The average molecular weight is 315 g/mol. The molecule has 1 aliphatic rings. The molecule has 0 bridgehead atoms. The number of nitrogens with one attached hydrogen (secondary N) is 1. The van der Waals surface area contributed by atoms with Crippen LogP contribution in [0.25, 0.3) is 0 Å². The SMILES string of the molecule is CC(CN1CCOCC1)NS(=O)(=O)c1ccc(C#N)s1. The Hall–Kier alpha value is -0.980. The van der Waals surface area contributed by atoms with Crippen molar-refractivity contribution in [3.63, 3.8) is 0 Å². The summed E-state index contributed by atoms with van der Waals surface area (Å²) in [6.45, 7) is 5.52. The molecule has 0 saturated carbocycles. The molecule has 0 aliphatic carbocycles. The normalized spacial score (nSPS) is 18.6. The van der Waals surface area contributed by atoms with Gasteiger partial charge in [0.2, 0.25) is 10.0 Å². The lowest BCUT2D eigenvalue weighted by Gasteiger charge is -2.29. The second-order valence-electron chi connectivity index (χ2n) is 4.67. The van der Waals surface area contributed by atoms with Gasteiger partial charge in [0, 0.05) is 25.7 Å². The summed E-state index contributed by atoms with van der Waals surface area (Å²) in [7, 11) is -3.54. The largest absolute Gasteiger partial charge is 0.379 e. The van der Waals surface area contributed by atoms with Crippen LogP contribution in [0.3, 0.4) is 0 Å². The standard InChI is InChI=1S/C12H17N3O3S2/c1-10(9-15-4-6-18-7-5-15)14-20(16,17)12-3-2-11(8-13)19-12/h2-3,10,14H,4-7,9H2,1H3. The van der Waals surface area contributed by atoms with Crippen LogP contribution in [-0.4, -0.2) is 52.2 Å².